The smallest absolute Gasteiger partial charge is 0.230 e. The lowest BCUT2D eigenvalue weighted by atomic mass is 9.83. The Kier molecular flexibility index (Phi) is 4.20. The van der Waals surface area contributed by atoms with Crippen LogP contribution in [0.15, 0.2) is 24.3 Å². The summed E-state index contributed by atoms with van der Waals surface area (Å²) in [6.07, 6.45) is 2.10. The minimum Gasteiger partial charge on any atom is -0.351 e. The van der Waals surface area contributed by atoms with Crippen LogP contribution in [0.4, 0.5) is 4.39 Å². The molecule has 2 N–H and O–H groups in total. The highest BCUT2D eigenvalue weighted by atomic mass is 19.1. The van der Waals surface area contributed by atoms with Crippen LogP contribution >= 0.6 is 0 Å². The lowest BCUT2D eigenvalue weighted by Gasteiger charge is -2.30. The van der Waals surface area contributed by atoms with Crippen molar-refractivity contribution < 1.29 is 9.18 Å². The molecule has 19 heavy (non-hydrogen) atoms. The van der Waals surface area contributed by atoms with E-state index in [-0.39, 0.29) is 17.8 Å². The molecule has 0 radical (unpaired) electrons. The highest BCUT2D eigenvalue weighted by Crippen LogP contribution is 2.24. The van der Waals surface area contributed by atoms with E-state index >= 15 is 0 Å². The van der Waals surface area contributed by atoms with Crippen molar-refractivity contribution in [2.75, 3.05) is 13.1 Å². The summed E-state index contributed by atoms with van der Waals surface area (Å²) in [6, 6.07) is 6.34. The van der Waals surface area contributed by atoms with Crippen LogP contribution < -0.4 is 10.6 Å². The van der Waals surface area contributed by atoms with Gasteiger partial charge in [-0.3, -0.25) is 4.79 Å². The van der Waals surface area contributed by atoms with Crippen LogP contribution in [0.25, 0.3) is 0 Å². The Hall–Kier alpha value is -1.42. The SMILES string of the molecule is CC(C)(C(=O)N[C@H]1CCCNC1)c1ccc(F)cc1. The second-order valence-electron chi connectivity index (χ2n) is 5.65. The summed E-state index contributed by atoms with van der Waals surface area (Å²) in [4.78, 5) is 12.4. The normalized spacial score (nSPS) is 20.1. The maximum Gasteiger partial charge on any atom is 0.230 e. The lowest BCUT2D eigenvalue weighted by Crippen LogP contribution is -2.50. The van der Waals surface area contributed by atoms with E-state index in [1.54, 1.807) is 12.1 Å². The highest BCUT2D eigenvalue weighted by molar-refractivity contribution is 5.87. The second-order valence-corrected chi connectivity index (χ2v) is 5.65. The first-order chi connectivity index (χ1) is 9.00. The number of carbonyl (C=O) groups excluding carboxylic acids is 1. The second kappa shape index (κ2) is 5.70. The van der Waals surface area contributed by atoms with Gasteiger partial charge in [0.1, 0.15) is 5.82 Å². The first kappa shape index (κ1) is 14.0. The number of halogens is 1. The number of nitrogens with one attached hydrogen (secondary N) is 2. The van der Waals surface area contributed by atoms with E-state index in [4.69, 9.17) is 0 Å². The van der Waals surface area contributed by atoms with Crippen molar-refractivity contribution in [3.05, 3.63) is 35.6 Å². The molecule has 1 saturated heterocycles. The molecule has 3 nitrogen and oxygen atoms in total. The van der Waals surface area contributed by atoms with Crippen LogP contribution in [0.2, 0.25) is 0 Å². The maximum absolute atomic E-state index is 12.9. The molecule has 1 atom stereocenters. The molecular formula is C15H21FN2O. The van der Waals surface area contributed by atoms with Crippen LogP contribution in [0.5, 0.6) is 0 Å². The summed E-state index contributed by atoms with van der Waals surface area (Å²) < 4.78 is 12.9. The zero-order chi connectivity index (χ0) is 13.9. The van der Waals surface area contributed by atoms with Gasteiger partial charge in [0.15, 0.2) is 0 Å². The van der Waals surface area contributed by atoms with E-state index in [1.807, 2.05) is 13.8 Å². The van der Waals surface area contributed by atoms with Crippen molar-refractivity contribution in [1.29, 1.82) is 0 Å². The molecule has 0 bridgehead atoms. The molecule has 104 valence electrons. The minimum atomic E-state index is -0.648. The topological polar surface area (TPSA) is 41.1 Å². The van der Waals surface area contributed by atoms with Gasteiger partial charge in [-0.05, 0) is 50.9 Å². The Morgan fingerprint density at radius 3 is 2.63 bits per heavy atom. The number of hydrogen-bond donors (Lipinski definition) is 2. The zero-order valence-corrected chi connectivity index (χ0v) is 11.5. The van der Waals surface area contributed by atoms with Crippen LogP contribution in [0.3, 0.4) is 0 Å². The highest BCUT2D eigenvalue weighted by Gasteiger charge is 2.31. The van der Waals surface area contributed by atoms with Crippen molar-refractivity contribution in [1.82, 2.24) is 10.6 Å². The predicted molar refractivity (Wildman–Crippen MR) is 73.5 cm³/mol. The Morgan fingerprint density at radius 1 is 1.37 bits per heavy atom. The Balaban J connectivity index is 2.05. The van der Waals surface area contributed by atoms with Crippen LogP contribution in [-0.2, 0) is 10.2 Å². The quantitative estimate of drug-likeness (QED) is 0.876. The van der Waals surface area contributed by atoms with Crippen molar-refractivity contribution in [3.8, 4) is 0 Å². The molecule has 1 aliphatic heterocycles. The van der Waals surface area contributed by atoms with Crippen LogP contribution in [-0.4, -0.2) is 25.0 Å². The molecule has 1 aromatic carbocycles. The summed E-state index contributed by atoms with van der Waals surface area (Å²) in [5, 5.41) is 6.35. The fourth-order valence-electron chi connectivity index (χ4n) is 2.34. The third-order valence-corrected chi connectivity index (χ3v) is 3.77. The van der Waals surface area contributed by atoms with Crippen molar-refractivity contribution in [2.24, 2.45) is 0 Å². The predicted octanol–water partition coefficient (Wildman–Crippen LogP) is 1.97. The number of rotatable bonds is 3. The van der Waals surface area contributed by atoms with Crippen LogP contribution in [0, 0.1) is 5.82 Å². The van der Waals surface area contributed by atoms with Gasteiger partial charge in [0.25, 0.3) is 0 Å². The molecular weight excluding hydrogens is 243 g/mol. The Bertz CT molecular complexity index is 436. The molecule has 1 heterocycles. The molecule has 0 saturated carbocycles. The van der Waals surface area contributed by atoms with E-state index in [0.717, 1.165) is 31.5 Å². The molecule has 0 spiro atoms. The van der Waals surface area contributed by atoms with Gasteiger partial charge in [-0.2, -0.15) is 0 Å². The fraction of sp³-hybridized carbons (Fsp3) is 0.533. The molecule has 2 rings (SSSR count). The van der Waals surface area contributed by atoms with Gasteiger partial charge in [-0.25, -0.2) is 4.39 Å². The summed E-state index contributed by atoms with van der Waals surface area (Å²) in [5.41, 5.74) is 0.181. The first-order valence-corrected chi connectivity index (χ1v) is 6.78. The average Bonchev–Trinajstić information content (AvgIpc) is 2.40. The van der Waals surface area contributed by atoms with Gasteiger partial charge < -0.3 is 10.6 Å². The van der Waals surface area contributed by atoms with Gasteiger partial charge in [0.2, 0.25) is 5.91 Å². The van der Waals surface area contributed by atoms with Gasteiger partial charge in [-0.15, -0.1) is 0 Å². The van der Waals surface area contributed by atoms with E-state index in [9.17, 15) is 9.18 Å². The first-order valence-electron chi connectivity index (χ1n) is 6.78. The van der Waals surface area contributed by atoms with Gasteiger partial charge >= 0.3 is 0 Å². The zero-order valence-electron chi connectivity index (χ0n) is 11.5. The van der Waals surface area contributed by atoms with E-state index in [2.05, 4.69) is 10.6 Å². The summed E-state index contributed by atoms with van der Waals surface area (Å²) in [5.74, 6) is -0.288. The van der Waals surface area contributed by atoms with E-state index < -0.39 is 5.41 Å². The molecule has 1 amide bonds. The molecule has 0 unspecified atom stereocenters. The third kappa shape index (κ3) is 3.32. The van der Waals surface area contributed by atoms with E-state index in [0.29, 0.717) is 0 Å². The fourth-order valence-corrected chi connectivity index (χ4v) is 2.34. The molecule has 4 heteroatoms. The number of amides is 1. The molecule has 1 fully saturated rings. The lowest BCUT2D eigenvalue weighted by molar-refractivity contribution is -0.126. The molecule has 0 aromatic heterocycles. The van der Waals surface area contributed by atoms with Crippen molar-refractivity contribution >= 4 is 5.91 Å². The number of carbonyl (C=O) groups is 1. The Labute approximate surface area is 113 Å². The summed E-state index contributed by atoms with van der Waals surface area (Å²) >= 11 is 0. The van der Waals surface area contributed by atoms with Crippen LogP contribution in [0.1, 0.15) is 32.3 Å². The number of benzene rings is 1. The third-order valence-electron chi connectivity index (χ3n) is 3.77. The monoisotopic (exact) mass is 264 g/mol. The van der Waals surface area contributed by atoms with Gasteiger partial charge in [-0.1, -0.05) is 12.1 Å². The van der Waals surface area contributed by atoms with Gasteiger partial charge in [0.05, 0.1) is 5.41 Å². The number of piperidine rings is 1. The molecule has 1 aromatic rings. The number of hydrogen-bond acceptors (Lipinski definition) is 2. The van der Waals surface area contributed by atoms with Gasteiger partial charge in [0, 0.05) is 12.6 Å². The minimum absolute atomic E-state index is 0.00666. The molecule has 0 aliphatic carbocycles. The van der Waals surface area contributed by atoms with Crippen molar-refractivity contribution in [3.63, 3.8) is 0 Å². The average molecular weight is 264 g/mol. The largest absolute Gasteiger partial charge is 0.351 e. The Morgan fingerprint density at radius 2 is 2.05 bits per heavy atom. The van der Waals surface area contributed by atoms with Crippen molar-refractivity contribution in [2.45, 2.75) is 38.1 Å². The van der Waals surface area contributed by atoms with E-state index in [1.165, 1.54) is 12.1 Å². The maximum atomic E-state index is 12.9. The standard InChI is InChI=1S/C15H21FN2O/c1-15(2,11-5-7-12(16)8-6-11)14(19)18-13-4-3-9-17-10-13/h5-8,13,17H,3-4,9-10H2,1-2H3,(H,18,19)/t13-/m0/s1. The summed E-state index contributed by atoms with van der Waals surface area (Å²) in [6.45, 7) is 5.58. The summed E-state index contributed by atoms with van der Waals surface area (Å²) in [7, 11) is 0. The molecule has 1 aliphatic rings.